The Hall–Kier alpha value is -2.48. The summed E-state index contributed by atoms with van der Waals surface area (Å²) in [5, 5.41) is 10.8. The lowest BCUT2D eigenvalue weighted by atomic mass is 10.1. The number of carbonyl (C=O) groups excluding carboxylic acids is 2. The van der Waals surface area contributed by atoms with Crippen molar-refractivity contribution in [2.75, 3.05) is 40.8 Å². The van der Waals surface area contributed by atoms with Crippen LogP contribution in [0.2, 0.25) is 0 Å². The molecule has 0 aliphatic carbocycles. The molecule has 0 aliphatic heterocycles. The van der Waals surface area contributed by atoms with E-state index in [4.69, 9.17) is 0 Å². The van der Waals surface area contributed by atoms with Gasteiger partial charge in [0.2, 0.25) is 0 Å². The van der Waals surface area contributed by atoms with Crippen molar-refractivity contribution in [3.63, 3.8) is 0 Å². The van der Waals surface area contributed by atoms with E-state index in [0.717, 1.165) is 0 Å². The number of amides is 1. The van der Waals surface area contributed by atoms with Gasteiger partial charge in [0.25, 0.3) is 11.6 Å². The molecule has 0 spiro atoms. The van der Waals surface area contributed by atoms with Crippen LogP contribution in [0.25, 0.3) is 0 Å². The Morgan fingerprint density at radius 2 is 1.91 bits per heavy atom. The van der Waals surface area contributed by atoms with Gasteiger partial charge in [0.05, 0.1) is 18.5 Å². The number of carbonyl (C=O) groups is 2. The maximum atomic E-state index is 12.6. The van der Waals surface area contributed by atoms with Gasteiger partial charge in [-0.2, -0.15) is 0 Å². The van der Waals surface area contributed by atoms with Crippen LogP contribution in [0.15, 0.2) is 24.3 Å². The summed E-state index contributed by atoms with van der Waals surface area (Å²) >= 11 is 0. The minimum Gasteiger partial charge on any atom is -0.469 e. The number of hydrogen-bond donors (Lipinski definition) is 0. The van der Waals surface area contributed by atoms with Crippen molar-refractivity contribution < 1.29 is 19.2 Å². The summed E-state index contributed by atoms with van der Waals surface area (Å²) < 4.78 is 4.59. The summed E-state index contributed by atoms with van der Waals surface area (Å²) in [6, 6.07) is 5.56. The van der Waals surface area contributed by atoms with Crippen molar-refractivity contribution in [3.05, 3.63) is 39.9 Å². The lowest BCUT2D eigenvalue weighted by Gasteiger charge is -2.24. The highest BCUT2D eigenvalue weighted by Gasteiger charge is 2.19. The molecule has 0 saturated heterocycles. The summed E-state index contributed by atoms with van der Waals surface area (Å²) in [5.74, 6) is -0.758. The van der Waals surface area contributed by atoms with Gasteiger partial charge >= 0.3 is 5.97 Å². The fourth-order valence-corrected chi connectivity index (χ4v) is 1.90. The topological polar surface area (TPSA) is 93.0 Å². The molecule has 126 valence electrons. The molecule has 0 unspecified atom stereocenters. The molecule has 0 radical (unpaired) electrons. The second kappa shape index (κ2) is 8.84. The van der Waals surface area contributed by atoms with Gasteiger partial charge in [0, 0.05) is 37.3 Å². The van der Waals surface area contributed by atoms with Gasteiger partial charge in [-0.15, -0.1) is 0 Å². The fourth-order valence-electron chi connectivity index (χ4n) is 1.90. The van der Waals surface area contributed by atoms with Crippen LogP contribution >= 0.6 is 0 Å². The summed E-state index contributed by atoms with van der Waals surface area (Å²) in [4.78, 5) is 37.5. The van der Waals surface area contributed by atoms with E-state index in [1.54, 1.807) is 0 Å². The van der Waals surface area contributed by atoms with Gasteiger partial charge in [-0.05, 0) is 20.2 Å². The Morgan fingerprint density at radius 1 is 1.22 bits per heavy atom. The zero-order valence-electron chi connectivity index (χ0n) is 13.5. The van der Waals surface area contributed by atoms with E-state index in [1.807, 2.05) is 19.0 Å². The summed E-state index contributed by atoms with van der Waals surface area (Å²) in [6.45, 7) is 1.22. The maximum absolute atomic E-state index is 12.6. The third-order valence-electron chi connectivity index (χ3n) is 3.22. The molecule has 0 atom stereocenters. The molecule has 0 bridgehead atoms. The molecule has 1 amide bonds. The molecule has 1 aromatic rings. The first-order valence-electron chi connectivity index (χ1n) is 7.10. The van der Waals surface area contributed by atoms with Crippen molar-refractivity contribution in [2.45, 2.75) is 6.42 Å². The van der Waals surface area contributed by atoms with Gasteiger partial charge in [0.15, 0.2) is 0 Å². The number of nitro benzene ring substituents is 1. The highest BCUT2D eigenvalue weighted by atomic mass is 16.6. The minimum absolute atomic E-state index is 0.0740. The van der Waals surface area contributed by atoms with Crippen LogP contribution in [0.3, 0.4) is 0 Å². The van der Waals surface area contributed by atoms with Crippen LogP contribution < -0.4 is 0 Å². The number of non-ortho nitro benzene ring substituents is 1. The number of rotatable bonds is 8. The zero-order valence-corrected chi connectivity index (χ0v) is 13.5. The van der Waals surface area contributed by atoms with Crippen molar-refractivity contribution >= 4 is 17.6 Å². The first kappa shape index (κ1) is 18.6. The molecule has 23 heavy (non-hydrogen) atoms. The molecule has 0 N–H and O–H groups in total. The standard InChI is InChI=1S/C15H21N3O5/c1-16(2)9-10-17(8-7-14(19)23-3)15(20)12-5-4-6-13(11-12)18(21)22/h4-6,11H,7-10H2,1-3H3. The van der Waals surface area contributed by atoms with E-state index >= 15 is 0 Å². The van der Waals surface area contributed by atoms with Crippen molar-refractivity contribution in [1.82, 2.24) is 9.80 Å². The van der Waals surface area contributed by atoms with Crippen LogP contribution in [-0.4, -0.2) is 67.4 Å². The highest BCUT2D eigenvalue weighted by Crippen LogP contribution is 2.15. The van der Waals surface area contributed by atoms with Gasteiger partial charge < -0.3 is 14.5 Å². The first-order chi connectivity index (χ1) is 10.8. The largest absolute Gasteiger partial charge is 0.469 e. The molecule has 0 aliphatic rings. The number of likely N-dealkylation sites (N-methyl/N-ethyl adjacent to an activating group) is 1. The average Bonchev–Trinajstić information content (AvgIpc) is 2.53. The number of nitro groups is 1. The molecule has 0 saturated carbocycles. The molecular formula is C15H21N3O5. The Morgan fingerprint density at radius 3 is 2.48 bits per heavy atom. The van der Waals surface area contributed by atoms with Gasteiger partial charge in [-0.25, -0.2) is 0 Å². The summed E-state index contributed by atoms with van der Waals surface area (Å²) in [6.07, 6.45) is 0.0740. The van der Waals surface area contributed by atoms with Crippen molar-refractivity contribution in [3.8, 4) is 0 Å². The number of methoxy groups -OCH3 is 1. The lowest BCUT2D eigenvalue weighted by Crippen LogP contribution is -2.38. The number of ether oxygens (including phenoxy) is 1. The van der Waals surface area contributed by atoms with Crippen LogP contribution in [0.1, 0.15) is 16.8 Å². The maximum Gasteiger partial charge on any atom is 0.307 e. The first-order valence-corrected chi connectivity index (χ1v) is 7.10. The van der Waals surface area contributed by atoms with E-state index in [0.29, 0.717) is 13.1 Å². The quantitative estimate of drug-likeness (QED) is 0.405. The molecule has 0 fully saturated rings. The fraction of sp³-hybridized carbons (Fsp3) is 0.467. The number of nitrogens with zero attached hydrogens (tertiary/aromatic N) is 3. The van der Waals surface area contributed by atoms with E-state index in [-0.39, 0.29) is 30.1 Å². The van der Waals surface area contributed by atoms with E-state index in [2.05, 4.69) is 4.74 Å². The average molecular weight is 323 g/mol. The predicted octanol–water partition coefficient (Wildman–Crippen LogP) is 1.16. The molecule has 8 heteroatoms. The number of esters is 1. The SMILES string of the molecule is COC(=O)CCN(CCN(C)C)C(=O)c1cccc([N+](=O)[O-])c1. The van der Waals surface area contributed by atoms with Crippen LogP contribution in [0.4, 0.5) is 5.69 Å². The van der Waals surface area contributed by atoms with Crippen LogP contribution in [0.5, 0.6) is 0 Å². The molecule has 8 nitrogen and oxygen atoms in total. The zero-order chi connectivity index (χ0) is 17.4. The smallest absolute Gasteiger partial charge is 0.307 e. The molecule has 1 aromatic carbocycles. The second-order valence-electron chi connectivity index (χ2n) is 5.23. The molecule has 0 heterocycles. The van der Waals surface area contributed by atoms with E-state index in [1.165, 1.54) is 36.3 Å². The molecular weight excluding hydrogens is 302 g/mol. The Kier molecular flexibility index (Phi) is 7.14. The third kappa shape index (κ3) is 6.03. The highest BCUT2D eigenvalue weighted by molar-refractivity contribution is 5.95. The van der Waals surface area contributed by atoms with Gasteiger partial charge in [-0.1, -0.05) is 6.07 Å². The molecule has 1 rings (SSSR count). The number of benzene rings is 1. The Balaban J connectivity index is 2.90. The van der Waals surface area contributed by atoms with Crippen molar-refractivity contribution in [2.24, 2.45) is 0 Å². The van der Waals surface area contributed by atoms with E-state index in [9.17, 15) is 19.7 Å². The van der Waals surface area contributed by atoms with Gasteiger partial charge in [-0.3, -0.25) is 19.7 Å². The predicted molar refractivity (Wildman–Crippen MR) is 84.2 cm³/mol. The van der Waals surface area contributed by atoms with Crippen molar-refractivity contribution in [1.29, 1.82) is 0 Å². The third-order valence-corrected chi connectivity index (χ3v) is 3.22. The Bertz CT molecular complexity index is 574. The number of hydrogen-bond acceptors (Lipinski definition) is 6. The van der Waals surface area contributed by atoms with Crippen LogP contribution in [0, 0.1) is 10.1 Å². The summed E-state index contributed by atoms with van der Waals surface area (Å²) in [7, 11) is 5.03. The van der Waals surface area contributed by atoms with Gasteiger partial charge in [0.1, 0.15) is 0 Å². The monoisotopic (exact) mass is 323 g/mol. The summed E-state index contributed by atoms with van der Waals surface area (Å²) in [5.41, 5.74) is 0.0826. The second-order valence-corrected chi connectivity index (χ2v) is 5.23. The normalized spacial score (nSPS) is 10.4. The Labute approximate surface area is 134 Å². The molecule has 0 aromatic heterocycles. The minimum atomic E-state index is -0.546. The van der Waals surface area contributed by atoms with E-state index < -0.39 is 10.9 Å². The lowest BCUT2D eigenvalue weighted by molar-refractivity contribution is -0.384. The van der Waals surface area contributed by atoms with Crippen LogP contribution in [-0.2, 0) is 9.53 Å².